The van der Waals surface area contributed by atoms with Crippen LogP contribution in [0.25, 0.3) is 17.4 Å². The molecule has 0 unspecified atom stereocenters. The molecule has 1 aromatic heterocycles. The normalized spacial score (nSPS) is 16.1. The Morgan fingerprint density at radius 3 is 2.68 bits per heavy atom. The minimum Gasteiger partial charge on any atom is -0.456 e. The monoisotopic (exact) mass is 358 g/mol. The Labute approximate surface area is 147 Å². The van der Waals surface area contributed by atoms with E-state index in [4.69, 9.17) is 4.42 Å². The summed E-state index contributed by atoms with van der Waals surface area (Å²) in [6.45, 7) is 3.80. The Kier molecular flexibility index (Phi) is 4.45. The highest BCUT2D eigenvalue weighted by molar-refractivity contribution is 8.18. The quantitative estimate of drug-likeness (QED) is 0.461. The first kappa shape index (κ1) is 17.0. The number of benzene rings is 1. The lowest BCUT2D eigenvalue weighted by atomic mass is 10.1. The number of carbonyl (C=O) groups excluding carboxylic acids is 2. The Morgan fingerprint density at radius 1 is 1.28 bits per heavy atom. The van der Waals surface area contributed by atoms with E-state index in [0.29, 0.717) is 23.6 Å². The van der Waals surface area contributed by atoms with Crippen LogP contribution in [0.4, 0.5) is 10.5 Å². The van der Waals surface area contributed by atoms with E-state index >= 15 is 0 Å². The third-order valence-corrected chi connectivity index (χ3v) is 4.61. The van der Waals surface area contributed by atoms with Gasteiger partial charge in [-0.15, -0.1) is 0 Å². The van der Waals surface area contributed by atoms with Crippen molar-refractivity contribution in [1.29, 1.82) is 0 Å². The molecule has 1 saturated heterocycles. The lowest BCUT2D eigenvalue weighted by Crippen LogP contribution is -2.27. The molecule has 1 fully saturated rings. The van der Waals surface area contributed by atoms with Crippen molar-refractivity contribution in [2.24, 2.45) is 0 Å². The number of aryl methyl sites for hydroxylation is 1. The Bertz CT molecular complexity index is 916. The van der Waals surface area contributed by atoms with E-state index in [2.05, 4.69) is 0 Å². The van der Waals surface area contributed by atoms with Crippen LogP contribution in [0.15, 0.2) is 39.7 Å². The predicted octanol–water partition coefficient (Wildman–Crippen LogP) is 4.22. The number of likely N-dealkylation sites (N-methyl/N-ethyl adjacent to an activating group) is 1. The number of rotatable bonds is 4. The molecule has 0 radical (unpaired) electrons. The summed E-state index contributed by atoms with van der Waals surface area (Å²) >= 11 is 0.847. The van der Waals surface area contributed by atoms with Gasteiger partial charge in [0.15, 0.2) is 0 Å². The molecular weight excluding hydrogens is 344 g/mol. The largest absolute Gasteiger partial charge is 0.456 e. The maximum absolute atomic E-state index is 12.1. The molecule has 128 valence electrons. The molecule has 0 N–H and O–H groups in total. The summed E-state index contributed by atoms with van der Waals surface area (Å²) in [5.41, 5.74) is 1.08. The van der Waals surface area contributed by atoms with Gasteiger partial charge in [0.2, 0.25) is 0 Å². The van der Waals surface area contributed by atoms with E-state index in [-0.39, 0.29) is 21.7 Å². The molecule has 3 rings (SSSR count). The van der Waals surface area contributed by atoms with Crippen LogP contribution in [0.2, 0.25) is 0 Å². The van der Waals surface area contributed by atoms with Crippen molar-refractivity contribution < 1.29 is 18.9 Å². The SMILES string of the molecule is CCN1C(=O)S/C(=C/c2ccc(-c3ccc(C)cc3[N+](=O)[O-])o2)C1=O. The van der Waals surface area contributed by atoms with E-state index in [1.165, 1.54) is 12.1 Å². The van der Waals surface area contributed by atoms with Crippen molar-refractivity contribution in [3.63, 3.8) is 0 Å². The highest BCUT2D eigenvalue weighted by Crippen LogP contribution is 2.35. The van der Waals surface area contributed by atoms with Gasteiger partial charge in [0.25, 0.3) is 16.8 Å². The average Bonchev–Trinajstić information content (AvgIpc) is 3.12. The number of nitrogens with zero attached hydrogens (tertiary/aromatic N) is 2. The maximum atomic E-state index is 12.1. The summed E-state index contributed by atoms with van der Waals surface area (Å²) in [5.74, 6) is 0.316. The molecule has 0 bridgehead atoms. The second-order valence-electron chi connectivity index (χ2n) is 5.41. The van der Waals surface area contributed by atoms with Crippen molar-refractivity contribution in [3.05, 3.63) is 56.7 Å². The fraction of sp³-hybridized carbons (Fsp3) is 0.176. The fourth-order valence-corrected chi connectivity index (χ4v) is 3.36. The first-order valence-electron chi connectivity index (χ1n) is 7.51. The molecule has 1 aliphatic rings. The lowest BCUT2D eigenvalue weighted by Gasteiger charge is -2.06. The summed E-state index contributed by atoms with van der Waals surface area (Å²) in [6, 6.07) is 8.08. The minimum atomic E-state index is -0.461. The molecule has 0 aliphatic carbocycles. The number of furan rings is 1. The number of amides is 2. The van der Waals surface area contributed by atoms with Crippen molar-refractivity contribution in [2.45, 2.75) is 13.8 Å². The molecule has 0 atom stereocenters. The number of nitro groups is 1. The number of hydrogen-bond acceptors (Lipinski definition) is 6. The third kappa shape index (κ3) is 3.20. The van der Waals surface area contributed by atoms with E-state index < -0.39 is 4.92 Å². The standard InChI is InChI=1S/C17H14N2O5S/c1-3-18-16(20)15(25-17(18)21)9-11-5-7-14(24-11)12-6-4-10(2)8-13(12)19(22)23/h4-9H,3H2,1-2H3/b15-9+. The van der Waals surface area contributed by atoms with Crippen LogP contribution in [-0.2, 0) is 4.79 Å². The van der Waals surface area contributed by atoms with Gasteiger partial charge in [-0.2, -0.15) is 0 Å². The molecule has 1 aliphatic heterocycles. The van der Waals surface area contributed by atoms with Gasteiger partial charge in [-0.25, -0.2) is 0 Å². The lowest BCUT2D eigenvalue weighted by molar-refractivity contribution is -0.384. The predicted molar refractivity (Wildman–Crippen MR) is 93.9 cm³/mol. The zero-order chi connectivity index (χ0) is 18.1. The number of thioether (sulfide) groups is 1. The van der Waals surface area contributed by atoms with E-state index in [9.17, 15) is 19.7 Å². The van der Waals surface area contributed by atoms with Crippen LogP contribution < -0.4 is 0 Å². The highest BCUT2D eigenvalue weighted by Gasteiger charge is 2.34. The van der Waals surface area contributed by atoms with Crippen molar-refractivity contribution in [2.75, 3.05) is 6.54 Å². The molecule has 2 amide bonds. The van der Waals surface area contributed by atoms with Crippen LogP contribution in [0.3, 0.4) is 0 Å². The van der Waals surface area contributed by atoms with Crippen molar-refractivity contribution >= 4 is 34.7 Å². The smallest absolute Gasteiger partial charge is 0.293 e. The van der Waals surface area contributed by atoms with Crippen LogP contribution in [0, 0.1) is 17.0 Å². The van der Waals surface area contributed by atoms with Gasteiger partial charge in [-0.05, 0) is 49.4 Å². The Balaban J connectivity index is 1.95. The van der Waals surface area contributed by atoms with Gasteiger partial charge in [-0.3, -0.25) is 24.6 Å². The van der Waals surface area contributed by atoms with Gasteiger partial charge in [0.05, 0.1) is 15.4 Å². The van der Waals surface area contributed by atoms with Crippen LogP contribution in [0.1, 0.15) is 18.2 Å². The molecule has 0 spiro atoms. The minimum absolute atomic E-state index is 0.0489. The van der Waals surface area contributed by atoms with Gasteiger partial charge in [0, 0.05) is 18.7 Å². The third-order valence-electron chi connectivity index (χ3n) is 3.71. The van der Waals surface area contributed by atoms with Crippen molar-refractivity contribution in [1.82, 2.24) is 4.90 Å². The zero-order valence-corrected chi connectivity index (χ0v) is 14.3. The first-order chi connectivity index (χ1) is 11.9. The van der Waals surface area contributed by atoms with Crippen LogP contribution >= 0.6 is 11.8 Å². The summed E-state index contributed by atoms with van der Waals surface area (Å²) in [5, 5.41) is 10.9. The van der Waals surface area contributed by atoms with Crippen LogP contribution in [0.5, 0.6) is 0 Å². The molecule has 2 heterocycles. The summed E-state index contributed by atoms with van der Waals surface area (Å²) in [4.78, 5) is 36.0. The number of nitro benzene ring substituents is 1. The van der Waals surface area contributed by atoms with E-state index in [1.807, 2.05) is 0 Å². The number of hydrogen-bond donors (Lipinski definition) is 0. The highest BCUT2D eigenvalue weighted by atomic mass is 32.2. The van der Waals surface area contributed by atoms with Gasteiger partial charge in [-0.1, -0.05) is 6.07 Å². The van der Waals surface area contributed by atoms with Gasteiger partial charge >= 0.3 is 0 Å². The summed E-state index contributed by atoms with van der Waals surface area (Å²) in [6.07, 6.45) is 1.48. The van der Waals surface area contributed by atoms with E-state index in [1.54, 1.807) is 38.1 Å². The van der Waals surface area contributed by atoms with Crippen molar-refractivity contribution in [3.8, 4) is 11.3 Å². The molecule has 2 aromatic rings. The first-order valence-corrected chi connectivity index (χ1v) is 8.33. The topological polar surface area (TPSA) is 93.7 Å². The van der Waals surface area contributed by atoms with E-state index in [0.717, 1.165) is 22.2 Å². The Hall–Kier alpha value is -2.87. The van der Waals surface area contributed by atoms with Gasteiger partial charge < -0.3 is 4.42 Å². The number of imide groups is 1. The summed E-state index contributed by atoms with van der Waals surface area (Å²) < 4.78 is 5.64. The summed E-state index contributed by atoms with van der Waals surface area (Å²) in [7, 11) is 0. The van der Waals surface area contributed by atoms with Crippen LogP contribution in [-0.4, -0.2) is 27.5 Å². The van der Waals surface area contributed by atoms with Gasteiger partial charge in [0.1, 0.15) is 11.5 Å². The molecular formula is C17H14N2O5S. The second kappa shape index (κ2) is 6.56. The molecule has 25 heavy (non-hydrogen) atoms. The fourth-order valence-electron chi connectivity index (χ4n) is 2.48. The molecule has 1 aromatic carbocycles. The maximum Gasteiger partial charge on any atom is 0.293 e. The Morgan fingerprint density at radius 2 is 2.04 bits per heavy atom. The molecule has 8 heteroatoms. The number of carbonyl (C=O) groups is 2. The zero-order valence-electron chi connectivity index (χ0n) is 13.5. The second-order valence-corrected chi connectivity index (χ2v) is 6.40. The average molecular weight is 358 g/mol. The molecule has 7 nitrogen and oxygen atoms in total. The molecule has 0 saturated carbocycles.